The van der Waals surface area contributed by atoms with Crippen molar-refractivity contribution < 1.29 is 4.79 Å². The van der Waals surface area contributed by atoms with Gasteiger partial charge in [-0.25, -0.2) is 9.98 Å². The van der Waals surface area contributed by atoms with E-state index in [-0.39, 0.29) is 5.91 Å². The Bertz CT molecular complexity index is 920. The van der Waals surface area contributed by atoms with Crippen LogP contribution in [-0.2, 0) is 13.0 Å². The minimum atomic E-state index is -0.298. The lowest BCUT2D eigenvalue weighted by Crippen LogP contribution is -2.16. The van der Waals surface area contributed by atoms with Crippen LogP contribution in [0, 0.1) is 5.92 Å². The van der Waals surface area contributed by atoms with Crippen molar-refractivity contribution in [3.8, 4) is 0 Å². The van der Waals surface area contributed by atoms with Gasteiger partial charge in [-0.2, -0.15) is 0 Å². The zero-order chi connectivity index (χ0) is 17.9. The fourth-order valence-electron chi connectivity index (χ4n) is 3.94. The predicted molar refractivity (Wildman–Crippen MR) is 107 cm³/mol. The van der Waals surface area contributed by atoms with Crippen molar-refractivity contribution in [2.24, 2.45) is 10.9 Å². The fourth-order valence-corrected chi connectivity index (χ4v) is 4.64. The Kier molecular flexibility index (Phi) is 4.98. The molecule has 1 amide bonds. The molecule has 1 aliphatic carbocycles. The molecule has 5 heteroatoms. The van der Waals surface area contributed by atoms with E-state index in [1.54, 1.807) is 11.3 Å². The van der Waals surface area contributed by atoms with Gasteiger partial charge in [-0.15, -0.1) is 11.3 Å². The van der Waals surface area contributed by atoms with Gasteiger partial charge in [-0.05, 0) is 55.1 Å². The molecule has 1 aliphatic rings. The van der Waals surface area contributed by atoms with E-state index in [9.17, 15) is 4.79 Å². The third-order valence-electron chi connectivity index (χ3n) is 5.30. The minimum absolute atomic E-state index is 0.298. The van der Waals surface area contributed by atoms with Crippen LogP contribution in [0.25, 0.3) is 11.0 Å². The van der Waals surface area contributed by atoms with Gasteiger partial charge in [0.2, 0.25) is 0 Å². The van der Waals surface area contributed by atoms with Crippen molar-refractivity contribution in [2.45, 2.75) is 45.1 Å². The number of benzene rings is 1. The van der Waals surface area contributed by atoms with Crippen molar-refractivity contribution >= 4 is 35.0 Å². The molecule has 1 saturated carbocycles. The number of hydrogen-bond acceptors (Lipinski definition) is 3. The SMILES string of the molecule is C=NC(=O)c1ccc2c(c1)nc(Cc1cccs1)n2CC1CCCCC1. The molecule has 2 aromatic heterocycles. The second-order valence-corrected chi connectivity index (χ2v) is 8.10. The number of imidazole rings is 1. The van der Waals surface area contributed by atoms with E-state index in [1.165, 1.54) is 37.0 Å². The van der Waals surface area contributed by atoms with Crippen molar-refractivity contribution in [3.05, 3.63) is 52.0 Å². The van der Waals surface area contributed by atoms with Crippen LogP contribution in [0.15, 0.2) is 40.7 Å². The number of amides is 1. The Labute approximate surface area is 157 Å². The van der Waals surface area contributed by atoms with Gasteiger partial charge in [0, 0.05) is 23.4 Å². The summed E-state index contributed by atoms with van der Waals surface area (Å²) < 4.78 is 2.38. The van der Waals surface area contributed by atoms with Gasteiger partial charge in [0.15, 0.2) is 0 Å². The molecule has 4 rings (SSSR count). The summed E-state index contributed by atoms with van der Waals surface area (Å²) in [6.07, 6.45) is 7.47. The summed E-state index contributed by atoms with van der Waals surface area (Å²) in [5.74, 6) is 1.51. The van der Waals surface area contributed by atoms with Crippen LogP contribution < -0.4 is 0 Å². The maximum Gasteiger partial charge on any atom is 0.276 e. The van der Waals surface area contributed by atoms with Gasteiger partial charge < -0.3 is 4.57 Å². The van der Waals surface area contributed by atoms with E-state index in [4.69, 9.17) is 4.98 Å². The molecule has 0 aliphatic heterocycles. The molecule has 1 fully saturated rings. The van der Waals surface area contributed by atoms with Gasteiger partial charge in [-0.1, -0.05) is 25.3 Å². The van der Waals surface area contributed by atoms with Crippen molar-refractivity contribution in [2.75, 3.05) is 0 Å². The first kappa shape index (κ1) is 17.2. The summed E-state index contributed by atoms with van der Waals surface area (Å²) in [6, 6.07) is 9.95. The molecule has 3 aromatic rings. The maximum atomic E-state index is 11.9. The second kappa shape index (κ2) is 7.54. The normalized spacial score (nSPS) is 15.4. The topological polar surface area (TPSA) is 47.2 Å². The number of hydrogen-bond donors (Lipinski definition) is 0. The maximum absolute atomic E-state index is 11.9. The number of aliphatic imine (C=N–C) groups is 1. The lowest BCUT2D eigenvalue weighted by molar-refractivity contribution is 0.100. The zero-order valence-corrected chi connectivity index (χ0v) is 15.7. The molecule has 0 saturated heterocycles. The minimum Gasteiger partial charge on any atom is -0.327 e. The standard InChI is InChI=1S/C21H23N3OS/c1-22-21(25)16-9-10-19-18(12-16)23-20(13-17-8-5-11-26-17)24(19)14-15-6-3-2-4-7-15/h5,8-12,15H,1-4,6-7,13-14H2. The Hall–Kier alpha value is -2.27. The van der Waals surface area contributed by atoms with Gasteiger partial charge in [0.1, 0.15) is 5.82 Å². The van der Waals surface area contributed by atoms with Gasteiger partial charge >= 0.3 is 0 Å². The largest absolute Gasteiger partial charge is 0.327 e. The van der Waals surface area contributed by atoms with E-state index in [2.05, 4.69) is 33.8 Å². The molecule has 0 N–H and O–H groups in total. The molecule has 0 atom stereocenters. The number of nitrogens with zero attached hydrogens (tertiary/aromatic N) is 3. The highest BCUT2D eigenvalue weighted by molar-refractivity contribution is 7.09. The van der Waals surface area contributed by atoms with Crippen molar-refractivity contribution in [3.63, 3.8) is 0 Å². The molecule has 4 nitrogen and oxygen atoms in total. The molecular formula is C21H23N3OS. The Morgan fingerprint density at radius 1 is 1.27 bits per heavy atom. The molecule has 26 heavy (non-hydrogen) atoms. The van der Waals surface area contributed by atoms with Crippen LogP contribution in [0.2, 0.25) is 0 Å². The third-order valence-corrected chi connectivity index (χ3v) is 6.17. The summed E-state index contributed by atoms with van der Waals surface area (Å²) in [5.41, 5.74) is 2.54. The van der Waals surface area contributed by atoms with E-state index in [1.807, 2.05) is 18.2 Å². The van der Waals surface area contributed by atoms with Crippen LogP contribution in [-0.4, -0.2) is 22.2 Å². The van der Waals surface area contributed by atoms with Crippen LogP contribution in [0.4, 0.5) is 0 Å². The van der Waals surface area contributed by atoms with E-state index < -0.39 is 0 Å². The van der Waals surface area contributed by atoms with Crippen molar-refractivity contribution in [1.82, 2.24) is 9.55 Å². The van der Waals surface area contributed by atoms with E-state index in [0.29, 0.717) is 5.56 Å². The number of rotatable bonds is 5. The van der Waals surface area contributed by atoms with Crippen LogP contribution >= 0.6 is 11.3 Å². The number of carbonyl (C=O) groups excluding carboxylic acids is 1. The summed E-state index contributed by atoms with van der Waals surface area (Å²) in [5, 5.41) is 2.11. The number of fused-ring (bicyclic) bond motifs is 1. The summed E-state index contributed by atoms with van der Waals surface area (Å²) in [7, 11) is 0. The zero-order valence-electron chi connectivity index (χ0n) is 14.9. The second-order valence-electron chi connectivity index (χ2n) is 7.07. The molecule has 0 spiro atoms. The number of carbonyl (C=O) groups is 1. The molecule has 2 heterocycles. The average molecular weight is 366 g/mol. The summed E-state index contributed by atoms with van der Waals surface area (Å²) >= 11 is 1.76. The van der Waals surface area contributed by atoms with Crippen molar-refractivity contribution in [1.29, 1.82) is 0 Å². The number of thiophene rings is 1. The van der Waals surface area contributed by atoms with Crippen LogP contribution in [0.1, 0.15) is 53.2 Å². The Morgan fingerprint density at radius 2 is 2.12 bits per heavy atom. The average Bonchev–Trinajstić information content (AvgIpc) is 3.30. The first-order valence-corrected chi connectivity index (χ1v) is 10.1. The smallest absolute Gasteiger partial charge is 0.276 e. The van der Waals surface area contributed by atoms with Gasteiger partial charge in [0.25, 0.3) is 5.91 Å². The summed E-state index contributed by atoms with van der Waals surface area (Å²) in [4.78, 5) is 21.6. The first-order chi connectivity index (χ1) is 12.7. The van der Waals surface area contributed by atoms with Crippen LogP contribution in [0.3, 0.4) is 0 Å². The van der Waals surface area contributed by atoms with Gasteiger partial charge in [-0.3, -0.25) is 4.79 Å². The summed E-state index contributed by atoms with van der Waals surface area (Å²) in [6.45, 7) is 4.36. The van der Waals surface area contributed by atoms with Gasteiger partial charge in [0.05, 0.1) is 11.0 Å². The highest BCUT2D eigenvalue weighted by atomic mass is 32.1. The van der Waals surface area contributed by atoms with Crippen LogP contribution in [0.5, 0.6) is 0 Å². The molecule has 0 radical (unpaired) electrons. The molecular weight excluding hydrogens is 342 g/mol. The Morgan fingerprint density at radius 3 is 2.85 bits per heavy atom. The number of aromatic nitrogens is 2. The lowest BCUT2D eigenvalue weighted by atomic mass is 9.89. The van der Waals surface area contributed by atoms with E-state index >= 15 is 0 Å². The Balaban J connectivity index is 1.73. The fraction of sp³-hybridized carbons (Fsp3) is 0.381. The molecule has 1 aromatic carbocycles. The van der Waals surface area contributed by atoms with E-state index in [0.717, 1.165) is 35.7 Å². The molecule has 0 unspecified atom stereocenters. The lowest BCUT2D eigenvalue weighted by Gasteiger charge is -2.23. The molecule has 134 valence electrons. The first-order valence-electron chi connectivity index (χ1n) is 9.27. The highest BCUT2D eigenvalue weighted by Gasteiger charge is 2.19. The quantitative estimate of drug-likeness (QED) is 0.590. The highest BCUT2D eigenvalue weighted by Crippen LogP contribution is 2.29. The predicted octanol–water partition coefficient (Wildman–Crippen LogP) is 5.11. The molecule has 0 bridgehead atoms. The monoisotopic (exact) mass is 365 g/mol. The third kappa shape index (κ3) is 3.49.